The lowest BCUT2D eigenvalue weighted by molar-refractivity contribution is 0.102. The number of thiazole rings is 1. The van der Waals surface area contributed by atoms with Crippen LogP contribution in [0.4, 0.5) is 5.13 Å². The molecule has 3 N–H and O–H groups in total. The number of carbonyl (C=O) groups excluding carboxylic acids is 1. The van der Waals surface area contributed by atoms with Crippen LogP contribution < -0.4 is 10.6 Å². The standard InChI is InChI=1S/C14H17N3O2S/c1-3-15-9(2)11-8-20-14(16-11)17-13(19)10-6-4-5-7-12(10)18/h4-9,15,18H,3H2,1-2H3,(H,16,17,19). The van der Waals surface area contributed by atoms with E-state index in [1.807, 2.05) is 19.2 Å². The predicted molar refractivity (Wildman–Crippen MR) is 80.3 cm³/mol. The molecule has 0 saturated heterocycles. The summed E-state index contributed by atoms with van der Waals surface area (Å²) in [6.45, 7) is 4.91. The lowest BCUT2D eigenvalue weighted by Crippen LogP contribution is -2.18. The van der Waals surface area contributed by atoms with E-state index in [-0.39, 0.29) is 23.3 Å². The third-order valence-corrected chi connectivity index (χ3v) is 3.62. The number of phenols is 1. The number of hydrogen-bond donors (Lipinski definition) is 3. The number of aromatic nitrogens is 1. The molecule has 6 heteroatoms. The van der Waals surface area contributed by atoms with E-state index in [0.717, 1.165) is 12.2 Å². The largest absolute Gasteiger partial charge is 0.507 e. The first-order valence-corrected chi connectivity index (χ1v) is 7.28. The minimum Gasteiger partial charge on any atom is -0.507 e. The second-order valence-corrected chi connectivity index (χ2v) is 5.19. The summed E-state index contributed by atoms with van der Waals surface area (Å²) in [7, 11) is 0. The number of nitrogens with zero attached hydrogens (tertiary/aromatic N) is 1. The molecule has 0 fully saturated rings. The average molecular weight is 291 g/mol. The van der Waals surface area contributed by atoms with Gasteiger partial charge in [-0.2, -0.15) is 0 Å². The van der Waals surface area contributed by atoms with Crippen molar-refractivity contribution in [1.82, 2.24) is 10.3 Å². The van der Waals surface area contributed by atoms with Gasteiger partial charge in [-0.05, 0) is 25.6 Å². The Kier molecular flexibility index (Phi) is 4.70. The summed E-state index contributed by atoms with van der Waals surface area (Å²) < 4.78 is 0. The van der Waals surface area contributed by atoms with Crippen molar-refractivity contribution >= 4 is 22.4 Å². The molecule has 1 aromatic carbocycles. The first-order valence-electron chi connectivity index (χ1n) is 6.40. The Labute approximate surface area is 121 Å². The predicted octanol–water partition coefficient (Wildman–Crippen LogP) is 2.77. The molecule has 1 unspecified atom stereocenters. The van der Waals surface area contributed by atoms with Gasteiger partial charge in [-0.3, -0.25) is 10.1 Å². The highest BCUT2D eigenvalue weighted by molar-refractivity contribution is 7.14. The number of amides is 1. The molecule has 106 valence electrons. The van der Waals surface area contributed by atoms with E-state index in [9.17, 15) is 9.90 Å². The number of rotatable bonds is 5. The zero-order valence-corrected chi connectivity index (χ0v) is 12.2. The molecule has 0 aliphatic rings. The third-order valence-electron chi connectivity index (χ3n) is 2.85. The molecule has 1 amide bonds. The highest BCUT2D eigenvalue weighted by atomic mass is 32.1. The number of para-hydroxylation sites is 1. The van der Waals surface area contributed by atoms with E-state index in [1.54, 1.807) is 18.2 Å². The zero-order chi connectivity index (χ0) is 14.5. The second kappa shape index (κ2) is 6.49. The van der Waals surface area contributed by atoms with Crippen LogP contribution in [0.15, 0.2) is 29.6 Å². The number of anilines is 1. The van der Waals surface area contributed by atoms with E-state index < -0.39 is 0 Å². The summed E-state index contributed by atoms with van der Waals surface area (Å²) in [5.41, 5.74) is 1.13. The van der Waals surface area contributed by atoms with Crippen molar-refractivity contribution in [3.05, 3.63) is 40.9 Å². The first kappa shape index (κ1) is 14.5. The van der Waals surface area contributed by atoms with Gasteiger partial charge in [0, 0.05) is 11.4 Å². The molecular weight excluding hydrogens is 274 g/mol. The maximum absolute atomic E-state index is 12.0. The molecular formula is C14H17N3O2S. The quantitative estimate of drug-likeness (QED) is 0.792. The number of phenolic OH excluding ortho intramolecular Hbond substituents is 1. The molecule has 0 saturated carbocycles. The third kappa shape index (κ3) is 3.34. The topological polar surface area (TPSA) is 74.2 Å². The Morgan fingerprint density at radius 3 is 2.90 bits per heavy atom. The smallest absolute Gasteiger partial charge is 0.261 e. The highest BCUT2D eigenvalue weighted by Crippen LogP contribution is 2.22. The summed E-state index contributed by atoms with van der Waals surface area (Å²) in [5.74, 6) is -0.400. The summed E-state index contributed by atoms with van der Waals surface area (Å²) >= 11 is 1.37. The summed E-state index contributed by atoms with van der Waals surface area (Å²) in [6.07, 6.45) is 0. The number of nitrogens with one attached hydrogen (secondary N) is 2. The lowest BCUT2D eigenvalue weighted by atomic mass is 10.2. The Morgan fingerprint density at radius 2 is 2.20 bits per heavy atom. The number of aromatic hydroxyl groups is 1. The van der Waals surface area contributed by atoms with Crippen LogP contribution in [-0.2, 0) is 0 Å². The SMILES string of the molecule is CCNC(C)c1csc(NC(=O)c2ccccc2O)n1. The fourth-order valence-corrected chi connectivity index (χ4v) is 2.58. The van der Waals surface area contributed by atoms with Gasteiger partial charge in [-0.25, -0.2) is 4.98 Å². The van der Waals surface area contributed by atoms with Crippen LogP contribution in [0.2, 0.25) is 0 Å². The van der Waals surface area contributed by atoms with Gasteiger partial charge < -0.3 is 10.4 Å². The average Bonchev–Trinajstić information content (AvgIpc) is 2.88. The van der Waals surface area contributed by atoms with E-state index in [0.29, 0.717) is 5.13 Å². The van der Waals surface area contributed by atoms with Crippen molar-refractivity contribution in [1.29, 1.82) is 0 Å². The van der Waals surface area contributed by atoms with E-state index in [4.69, 9.17) is 0 Å². The van der Waals surface area contributed by atoms with Crippen LogP contribution in [0.5, 0.6) is 5.75 Å². The van der Waals surface area contributed by atoms with Gasteiger partial charge >= 0.3 is 0 Å². The van der Waals surface area contributed by atoms with E-state index in [2.05, 4.69) is 15.6 Å². The van der Waals surface area contributed by atoms with E-state index in [1.165, 1.54) is 17.4 Å². The van der Waals surface area contributed by atoms with Crippen molar-refractivity contribution in [2.24, 2.45) is 0 Å². The molecule has 0 radical (unpaired) electrons. The van der Waals surface area contributed by atoms with Gasteiger partial charge in [0.1, 0.15) is 5.75 Å². The van der Waals surface area contributed by atoms with Gasteiger partial charge in [0.05, 0.1) is 11.3 Å². The Hall–Kier alpha value is -1.92. The number of carbonyl (C=O) groups is 1. The van der Waals surface area contributed by atoms with Crippen LogP contribution in [-0.4, -0.2) is 22.5 Å². The molecule has 2 aromatic rings. The van der Waals surface area contributed by atoms with Crippen LogP contribution >= 0.6 is 11.3 Å². The molecule has 5 nitrogen and oxygen atoms in total. The Bertz CT molecular complexity index is 598. The fraction of sp³-hybridized carbons (Fsp3) is 0.286. The van der Waals surface area contributed by atoms with E-state index >= 15 is 0 Å². The van der Waals surface area contributed by atoms with Crippen LogP contribution in [0.25, 0.3) is 0 Å². The Morgan fingerprint density at radius 1 is 1.45 bits per heavy atom. The van der Waals surface area contributed by atoms with Gasteiger partial charge in [0.25, 0.3) is 5.91 Å². The van der Waals surface area contributed by atoms with Crippen molar-refractivity contribution in [2.45, 2.75) is 19.9 Å². The van der Waals surface area contributed by atoms with Crippen molar-refractivity contribution in [2.75, 3.05) is 11.9 Å². The molecule has 1 aromatic heterocycles. The van der Waals surface area contributed by atoms with Crippen LogP contribution in [0, 0.1) is 0 Å². The molecule has 0 aliphatic carbocycles. The molecule has 0 aliphatic heterocycles. The zero-order valence-electron chi connectivity index (χ0n) is 11.4. The van der Waals surface area contributed by atoms with Crippen molar-refractivity contribution in [3.63, 3.8) is 0 Å². The van der Waals surface area contributed by atoms with Gasteiger partial charge in [-0.1, -0.05) is 19.1 Å². The van der Waals surface area contributed by atoms with Gasteiger partial charge in [0.15, 0.2) is 5.13 Å². The van der Waals surface area contributed by atoms with Crippen molar-refractivity contribution < 1.29 is 9.90 Å². The monoisotopic (exact) mass is 291 g/mol. The number of hydrogen-bond acceptors (Lipinski definition) is 5. The Balaban J connectivity index is 2.07. The molecule has 0 spiro atoms. The summed E-state index contributed by atoms with van der Waals surface area (Å²) in [4.78, 5) is 16.4. The molecule has 1 heterocycles. The molecule has 0 bridgehead atoms. The lowest BCUT2D eigenvalue weighted by Gasteiger charge is -2.08. The van der Waals surface area contributed by atoms with Crippen molar-refractivity contribution in [3.8, 4) is 5.75 Å². The highest BCUT2D eigenvalue weighted by Gasteiger charge is 2.14. The maximum atomic E-state index is 12.0. The number of benzene rings is 1. The van der Waals surface area contributed by atoms with Crippen LogP contribution in [0.3, 0.4) is 0 Å². The van der Waals surface area contributed by atoms with Crippen LogP contribution in [0.1, 0.15) is 35.9 Å². The minimum absolute atomic E-state index is 0.0391. The summed E-state index contributed by atoms with van der Waals surface area (Å²) in [6, 6.07) is 6.57. The fourth-order valence-electron chi connectivity index (χ4n) is 1.78. The second-order valence-electron chi connectivity index (χ2n) is 4.33. The molecule has 1 atom stereocenters. The first-order chi connectivity index (χ1) is 9.61. The molecule has 2 rings (SSSR count). The van der Waals surface area contributed by atoms with Gasteiger partial charge in [-0.15, -0.1) is 11.3 Å². The normalized spacial score (nSPS) is 12.1. The molecule has 20 heavy (non-hydrogen) atoms. The van der Waals surface area contributed by atoms with Gasteiger partial charge in [0.2, 0.25) is 0 Å². The summed E-state index contributed by atoms with van der Waals surface area (Å²) in [5, 5.41) is 18.0. The maximum Gasteiger partial charge on any atom is 0.261 e. The minimum atomic E-state index is -0.361.